The highest BCUT2D eigenvalue weighted by Crippen LogP contribution is 2.14. The highest BCUT2D eigenvalue weighted by Gasteiger charge is 2.21. The Morgan fingerprint density at radius 1 is 1.43 bits per heavy atom. The number of nitrogens with zero attached hydrogens (tertiary/aromatic N) is 3. The van der Waals surface area contributed by atoms with Crippen LogP contribution in [0.25, 0.3) is 0 Å². The first-order valence-corrected chi connectivity index (χ1v) is 6.63. The van der Waals surface area contributed by atoms with Gasteiger partial charge in [-0.05, 0) is 23.8 Å². The van der Waals surface area contributed by atoms with Crippen LogP contribution in [0.4, 0.5) is 5.82 Å². The largest absolute Gasteiger partial charge is 0.392 e. The molecular weight excluding hydrogens is 272 g/mol. The van der Waals surface area contributed by atoms with E-state index in [-0.39, 0.29) is 12.4 Å². The zero-order valence-electron chi connectivity index (χ0n) is 11.7. The Morgan fingerprint density at radius 2 is 2.10 bits per heavy atom. The molecule has 2 unspecified atom stereocenters. The molecule has 2 rings (SSSR count). The number of aryl methyl sites for hydroxylation is 1. The molecule has 112 valence electrons. The summed E-state index contributed by atoms with van der Waals surface area (Å²) in [4.78, 5) is 10.2. The third kappa shape index (κ3) is 3.87. The lowest BCUT2D eigenvalue weighted by Gasteiger charge is -2.17. The molecule has 0 saturated carbocycles. The molecule has 3 N–H and O–H groups in total. The van der Waals surface area contributed by atoms with E-state index in [1.165, 1.54) is 10.9 Å². The van der Waals surface area contributed by atoms with Gasteiger partial charge < -0.3 is 21.0 Å². The smallest absolute Gasteiger partial charge is 0.389 e. The fourth-order valence-electron chi connectivity index (χ4n) is 2.13. The topological polar surface area (TPSA) is 107 Å². The Hall–Kier alpha value is -2.25. The van der Waals surface area contributed by atoms with Crippen LogP contribution < -0.4 is 5.73 Å². The van der Waals surface area contributed by atoms with Gasteiger partial charge in [0.05, 0.1) is 29.5 Å². The number of benzene rings is 1. The lowest BCUT2D eigenvalue weighted by molar-refractivity contribution is -0.390. The molecule has 0 radical (unpaired) electrons. The summed E-state index contributed by atoms with van der Waals surface area (Å²) in [6.45, 7) is 1.74. The fraction of sp³-hybridized carbons (Fsp3) is 0.357. The molecule has 1 heterocycles. The Labute approximate surface area is 122 Å². The average molecular weight is 290 g/mol. The van der Waals surface area contributed by atoms with Gasteiger partial charge in [0.2, 0.25) is 0 Å². The Kier molecular flexibility index (Phi) is 4.66. The normalized spacial score (nSPS) is 13.9. The van der Waals surface area contributed by atoms with E-state index in [4.69, 9.17) is 5.73 Å². The number of hydrogen-bond donors (Lipinski definition) is 2. The molecule has 0 aliphatic heterocycles. The SMILES string of the molecule is Cc1cn(CC(O)C(N)Cc2ccccc2)nc1[N+](=O)[O-]. The van der Waals surface area contributed by atoms with Gasteiger partial charge in [0, 0.05) is 6.04 Å². The van der Waals surface area contributed by atoms with Crippen LogP contribution in [0.2, 0.25) is 0 Å². The van der Waals surface area contributed by atoms with E-state index in [1.807, 2.05) is 30.3 Å². The lowest BCUT2D eigenvalue weighted by atomic mass is 10.0. The van der Waals surface area contributed by atoms with Crippen LogP contribution in [0.1, 0.15) is 11.1 Å². The van der Waals surface area contributed by atoms with Gasteiger partial charge in [-0.1, -0.05) is 30.3 Å². The third-order valence-electron chi connectivity index (χ3n) is 3.27. The minimum absolute atomic E-state index is 0.128. The van der Waals surface area contributed by atoms with Crippen molar-refractivity contribution in [2.24, 2.45) is 5.73 Å². The van der Waals surface area contributed by atoms with Crippen LogP contribution in [-0.2, 0) is 13.0 Å². The Morgan fingerprint density at radius 3 is 2.67 bits per heavy atom. The van der Waals surface area contributed by atoms with Gasteiger partial charge in [-0.2, -0.15) is 4.68 Å². The van der Waals surface area contributed by atoms with Crippen molar-refractivity contribution in [1.29, 1.82) is 0 Å². The van der Waals surface area contributed by atoms with Crippen molar-refractivity contribution >= 4 is 5.82 Å². The molecule has 0 saturated heterocycles. The molecule has 0 aliphatic rings. The van der Waals surface area contributed by atoms with Gasteiger partial charge in [-0.3, -0.25) is 0 Å². The number of rotatable bonds is 6. The van der Waals surface area contributed by atoms with Gasteiger partial charge in [-0.15, -0.1) is 0 Å². The van der Waals surface area contributed by atoms with Crippen molar-refractivity contribution in [2.75, 3.05) is 0 Å². The first kappa shape index (κ1) is 15.1. The van der Waals surface area contributed by atoms with Gasteiger partial charge in [0.25, 0.3) is 0 Å². The summed E-state index contributed by atoms with van der Waals surface area (Å²) in [7, 11) is 0. The molecule has 2 atom stereocenters. The zero-order valence-corrected chi connectivity index (χ0v) is 11.7. The minimum atomic E-state index is -0.830. The van der Waals surface area contributed by atoms with Gasteiger partial charge in [0.15, 0.2) is 0 Å². The fourth-order valence-corrected chi connectivity index (χ4v) is 2.13. The van der Waals surface area contributed by atoms with Crippen molar-refractivity contribution in [3.05, 3.63) is 57.8 Å². The first-order chi connectivity index (χ1) is 9.97. The summed E-state index contributed by atoms with van der Waals surface area (Å²) >= 11 is 0. The highest BCUT2D eigenvalue weighted by atomic mass is 16.6. The van der Waals surface area contributed by atoms with Crippen LogP contribution in [0.5, 0.6) is 0 Å². The molecule has 0 spiro atoms. The molecule has 1 aromatic heterocycles. The summed E-state index contributed by atoms with van der Waals surface area (Å²) < 4.78 is 1.36. The maximum absolute atomic E-state index is 10.7. The van der Waals surface area contributed by atoms with E-state index >= 15 is 0 Å². The van der Waals surface area contributed by atoms with Crippen LogP contribution >= 0.6 is 0 Å². The second kappa shape index (κ2) is 6.47. The monoisotopic (exact) mass is 290 g/mol. The van der Waals surface area contributed by atoms with Gasteiger partial charge in [-0.25, -0.2) is 0 Å². The first-order valence-electron chi connectivity index (χ1n) is 6.63. The van der Waals surface area contributed by atoms with Crippen LogP contribution in [0, 0.1) is 17.0 Å². The Bertz CT molecular complexity index is 612. The number of aliphatic hydroxyl groups is 1. The summed E-state index contributed by atoms with van der Waals surface area (Å²) in [5, 5.41) is 24.7. The van der Waals surface area contributed by atoms with E-state index in [1.54, 1.807) is 6.92 Å². The predicted molar refractivity (Wildman–Crippen MR) is 77.7 cm³/mol. The summed E-state index contributed by atoms with van der Waals surface area (Å²) in [6.07, 6.45) is 1.24. The minimum Gasteiger partial charge on any atom is -0.389 e. The molecule has 0 bridgehead atoms. The number of hydrogen-bond acceptors (Lipinski definition) is 5. The summed E-state index contributed by atoms with van der Waals surface area (Å²) in [5.41, 5.74) is 7.47. The summed E-state index contributed by atoms with van der Waals surface area (Å²) in [6, 6.07) is 9.15. The molecule has 0 amide bonds. The van der Waals surface area contributed by atoms with E-state index in [0.717, 1.165) is 5.56 Å². The maximum Gasteiger partial charge on any atom is 0.392 e. The van der Waals surface area contributed by atoms with Crippen LogP contribution in [-0.4, -0.2) is 32.0 Å². The van der Waals surface area contributed by atoms with E-state index in [0.29, 0.717) is 12.0 Å². The van der Waals surface area contributed by atoms with Gasteiger partial charge >= 0.3 is 5.82 Å². The average Bonchev–Trinajstić information content (AvgIpc) is 2.80. The molecule has 1 aromatic carbocycles. The quantitative estimate of drug-likeness (QED) is 0.610. The lowest BCUT2D eigenvalue weighted by Crippen LogP contribution is -2.39. The van der Waals surface area contributed by atoms with E-state index in [2.05, 4.69) is 5.10 Å². The second-order valence-electron chi connectivity index (χ2n) is 5.04. The predicted octanol–water partition coefficient (Wildman–Crippen LogP) is 1.03. The molecule has 0 fully saturated rings. The maximum atomic E-state index is 10.7. The van der Waals surface area contributed by atoms with Crippen LogP contribution in [0.15, 0.2) is 36.5 Å². The molecule has 21 heavy (non-hydrogen) atoms. The zero-order chi connectivity index (χ0) is 15.4. The number of aliphatic hydroxyl groups excluding tert-OH is 1. The molecule has 0 aliphatic carbocycles. The van der Waals surface area contributed by atoms with Crippen molar-refractivity contribution < 1.29 is 10.0 Å². The van der Waals surface area contributed by atoms with Crippen molar-refractivity contribution in [3.8, 4) is 0 Å². The number of aromatic nitrogens is 2. The Balaban J connectivity index is 1.99. The van der Waals surface area contributed by atoms with E-state index < -0.39 is 17.1 Å². The molecule has 7 nitrogen and oxygen atoms in total. The van der Waals surface area contributed by atoms with Crippen molar-refractivity contribution in [3.63, 3.8) is 0 Å². The van der Waals surface area contributed by atoms with E-state index in [9.17, 15) is 15.2 Å². The summed E-state index contributed by atoms with van der Waals surface area (Å²) in [5.74, 6) is -0.196. The number of nitrogens with two attached hydrogens (primary N) is 1. The third-order valence-corrected chi connectivity index (χ3v) is 3.27. The van der Waals surface area contributed by atoms with Crippen LogP contribution in [0.3, 0.4) is 0 Å². The van der Waals surface area contributed by atoms with Crippen molar-refractivity contribution in [1.82, 2.24) is 9.78 Å². The molecule has 2 aromatic rings. The molecular formula is C14H18N4O3. The second-order valence-corrected chi connectivity index (χ2v) is 5.04. The van der Waals surface area contributed by atoms with Gasteiger partial charge in [0.1, 0.15) is 0 Å². The molecule has 7 heteroatoms. The van der Waals surface area contributed by atoms with Crippen molar-refractivity contribution in [2.45, 2.75) is 32.0 Å². The standard InChI is InChI=1S/C14H18N4O3/c1-10-8-17(16-14(10)18(20)21)9-13(19)12(15)7-11-5-3-2-4-6-11/h2-6,8,12-13,19H,7,9,15H2,1H3. The highest BCUT2D eigenvalue weighted by molar-refractivity contribution is 5.28. The number of nitro groups is 1.